The molecule has 0 heterocycles. The van der Waals surface area contributed by atoms with Crippen LogP contribution in [0.5, 0.6) is 0 Å². The summed E-state index contributed by atoms with van der Waals surface area (Å²) in [6.45, 7) is 3.82. The topological polar surface area (TPSA) is 75.8 Å². The summed E-state index contributed by atoms with van der Waals surface area (Å²) in [5.41, 5.74) is 4.96. The van der Waals surface area contributed by atoms with E-state index < -0.39 is 11.5 Å². The highest BCUT2D eigenvalue weighted by Crippen LogP contribution is 2.39. The van der Waals surface area contributed by atoms with Crippen molar-refractivity contribution in [3.8, 4) is 0 Å². The lowest BCUT2D eigenvalue weighted by atomic mass is 9.98. The van der Waals surface area contributed by atoms with Crippen molar-refractivity contribution in [1.29, 1.82) is 0 Å². The minimum atomic E-state index is -1.03. The molecule has 110 valence electrons. The minimum absolute atomic E-state index is 0.284. The fraction of sp³-hybridized carbons (Fsp3) is 0.929. The van der Waals surface area contributed by atoms with Gasteiger partial charge >= 0.3 is 5.97 Å². The zero-order valence-corrected chi connectivity index (χ0v) is 12.0. The molecule has 0 radical (unpaired) electrons. The van der Waals surface area contributed by atoms with Crippen LogP contribution in [0.1, 0.15) is 39.0 Å². The number of nitrogens with two attached hydrogens (primary N) is 1. The Morgan fingerprint density at radius 1 is 1.53 bits per heavy atom. The molecule has 5 heteroatoms. The van der Waals surface area contributed by atoms with Crippen LogP contribution in [-0.4, -0.2) is 53.9 Å². The van der Waals surface area contributed by atoms with Gasteiger partial charge in [-0.05, 0) is 44.9 Å². The molecule has 0 aliphatic heterocycles. The first-order chi connectivity index (χ1) is 8.98. The fourth-order valence-corrected chi connectivity index (χ4v) is 3.29. The van der Waals surface area contributed by atoms with E-state index in [4.69, 9.17) is 10.5 Å². The van der Waals surface area contributed by atoms with E-state index in [1.807, 2.05) is 0 Å². The Balaban J connectivity index is 2.00. The number of carbonyl (C=O) groups is 1. The summed E-state index contributed by atoms with van der Waals surface area (Å²) in [4.78, 5) is 13.7. The van der Waals surface area contributed by atoms with E-state index in [0.29, 0.717) is 25.5 Å². The molecule has 3 N–H and O–H groups in total. The maximum absolute atomic E-state index is 11.3. The third-order valence-electron chi connectivity index (χ3n) is 4.80. The van der Waals surface area contributed by atoms with E-state index in [9.17, 15) is 9.90 Å². The SMILES string of the molecule is COCCN(C1CCC(N)(C(=O)O)C1)C(C)C1CC1. The number of hydrogen-bond acceptors (Lipinski definition) is 4. The molecule has 0 saturated heterocycles. The van der Waals surface area contributed by atoms with Gasteiger partial charge < -0.3 is 15.6 Å². The summed E-state index contributed by atoms with van der Waals surface area (Å²) in [5, 5.41) is 9.24. The molecule has 2 saturated carbocycles. The van der Waals surface area contributed by atoms with Crippen LogP contribution >= 0.6 is 0 Å². The number of rotatable bonds is 7. The lowest BCUT2D eigenvalue weighted by Gasteiger charge is -2.35. The van der Waals surface area contributed by atoms with Gasteiger partial charge in [0.2, 0.25) is 0 Å². The van der Waals surface area contributed by atoms with Crippen LogP contribution in [0.15, 0.2) is 0 Å². The van der Waals surface area contributed by atoms with Crippen LogP contribution in [0.3, 0.4) is 0 Å². The largest absolute Gasteiger partial charge is 0.480 e. The lowest BCUT2D eigenvalue weighted by Crippen LogP contribution is -2.49. The highest BCUT2D eigenvalue weighted by atomic mass is 16.5. The van der Waals surface area contributed by atoms with Crippen molar-refractivity contribution >= 4 is 5.97 Å². The Morgan fingerprint density at radius 3 is 2.68 bits per heavy atom. The smallest absolute Gasteiger partial charge is 0.323 e. The Labute approximate surface area is 115 Å². The Bertz CT molecular complexity index is 333. The molecule has 19 heavy (non-hydrogen) atoms. The molecule has 2 rings (SSSR count). The predicted octanol–water partition coefficient (Wildman–Crippen LogP) is 1.07. The third kappa shape index (κ3) is 3.27. The van der Waals surface area contributed by atoms with Gasteiger partial charge in [-0.15, -0.1) is 0 Å². The van der Waals surface area contributed by atoms with Crippen molar-refractivity contribution < 1.29 is 14.6 Å². The average Bonchev–Trinajstić information content (AvgIpc) is 3.14. The molecule has 5 nitrogen and oxygen atoms in total. The van der Waals surface area contributed by atoms with Gasteiger partial charge in [0.05, 0.1) is 6.61 Å². The predicted molar refractivity (Wildman–Crippen MR) is 73.0 cm³/mol. The van der Waals surface area contributed by atoms with Crippen LogP contribution in [-0.2, 0) is 9.53 Å². The maximum Gasteiger partial charge on any atom is 0.323 e. The third-order valence-corrected chi connectivity index (χ3v) is 4.80. The van der Waals surface area contributed by atoms with E-state index in [1.54, 1.807) is 7.11 Å². The Kier molecular flexibility index (Phi) is 4.48. The van der Waals surface area contributed by atoms with Crippen LogP contribution < -0.4 is 5.73 Å². The normalized spacial score (nSPS) is 32.7. The number of carboxylic acids is 1. The van der Waals surface area contributed by atoms with E-state index in [1.165, 1.54) is 12.8 Å². The number of nitrogens with zero attached hydrogens (tertiary/aromatic N) is 1. The first kappa shape index (κ1) is 14.8. The standard InChI is InChI=1S/C14H26N2O3/c1-10(11-3-4-11)16(7-8-19-2)12-5-6-14(15,9-12)13(17)18/h10-12H,3-9,15H2,1-2H3,(H,17,18). The molecule has 0 aromatic heterocycles. The van der Waals surface area contributed by atoms with Crippen molar-refractivity contribution in [2.75, 3.05) is 20.3 Å². The summed E-state index contributed by atoms with van der Waals surface area (Å²) in [5.74, 6) is -0.0878. The first-order valence-corrected chi connectivity index (χ1v) is 7.25. The van der Waals surface area contributed by atoms with Gasteiger partial charge in [-0.1, -0.05) is 0 Å². The molecule has 0 amide bonds. The monoisotopic (exact) mass is 270 g/mol. The molecular weight excluding hydrogens is 244 g/mol. The summed E-state index contributed by atoms with van der Waals surface area (Å²) in [6, 6.07) is 0.795. The van der Waals surface area contributed by atoms with Gasteiger partial charge in [0, 0.05) is 25.7 Å². The van der Waals surface area contributed by atoms with Crippen molar-refractivity contribution in [2.45, 2.75) is 56.7 Å². The molecule has 0 bridgehead atoms. The van der Waals surface area contributed by atoms with Crippen LogP contribution in [0.2, 0.25) is 0 Å². The zero-order valence-electron chi connectivity index (χ0n) is 12.0. The molecule has 3 unspecified atom stereocenters. The Hall–Kier alpha value is -0.650. The molecule has 0 spiro atoms. The van der Waals surface area contributed by atoms with Gasteiger partial charge in [-0.25, -0.2) is 0 Å². The van der Waals surface area contributed by atoms with Gasteiger partial charge in [0.1, 0.15) is 5.54 Å². The Morgan fingerprint density at radius 2 is 2.21 bits per heavy atom. The molecule has 3 atom stereocenters. The highest BCUT2D eigenvalue weighted by molar-refractivity contribution is 5.79. The quantitative estimate of drug-likeness (QED) is 0.723. The summed E-state index contributed by atoms with van der Waals surface area (Å²) in [7, 11) is 1.71. The molecular formula is C14H26N2O3. The molecule has 0 aromatic rings. The second-order valence-corrected chi connectivity index (χ2v) is 6.17. The number of methoxy groups -OCH3 is 1. The average molecular weight is 270 g/mol. The van der Waals surface area contributed by atoms with Crippen LogP contribution in [0, 0.1) is 5.92 Å². The minimum Gasteiger partial charge on any atom is -0.480 e. The van der Waals surface area contributed by atoms with E-state index >= 15 is 0 Å². The highest BCUT2D eigenvalue weighted by Gasteiger charge is 2.46. The first-order valence-electron chi connectivity index (χ1n) is 7.25. The van der Waals surface area contributed by atoms with Gasteiger partial charge in [0.15, 0.2) is 0 Å². The van der Waals surface area contributed by atoms with Crippen LogP contribution in [0.4, 0.5) is 0 Å². The molecule has 0 aromatic carbocycles. The second-order valence-electron chi connectivity index (χ2n) is 6.17. The van der Waals surface area contributed by atoms with E-state index in [-0.39, 0.29) is 6.04 Å². The fourth-order valence-electron chi connectivity index (χ4n) is 3.29. The molecule has 2 fully saturated rings. The van der Waals surface area contributed by atoms with E-state index in [0.717, 1.165) is 18.9 Å². The van der Waals surface area contributed by atoms with Crippen molar-refractivity contribution in [3.63, 3.8) is 0 Å². The number of ether oxygens (including phenoxy) is 1. The molecule has 2 aliphatic rings. The maximum atomic E-state index is 11.3. The lowest BCUT2D eigenvalue weighted by molar-refractivity contribution is -0.143. The summed E-state index contributed by atoms with van der Waals surface area (Å²) < 4.78 is 5.19. The number of hydrogen-bond donors (Lipinski definition) is 2. The van der Waals surface area contributed by atoms with Gasteiger partial charge in [0.25, 0.3) is 0 Å². The summed E-state index contributed by atoms with van der Waals surface area (Å²) >= 11 is 0. The van der Waals surface area contributed by atoms with Crippen molar-refractivity contribution in [3.05, 3.63) is 0 Å². The van der Waals surface area contributed by atoms with Crippen molar-refractivity contribution in [2.24, 2.45) is 11.7 Å². The summed E-state index contributed by atoms with van der Waals surface area (Å²) in [6.07, 6.45) is 4.61. The van der Waals surface area contributed by atoms with Crippen LogP contribution in [0.25, 0.3) is 0 Å². The molecule has 2 aliphatic carbocycles. The second kappa shape index (κ2) is 5.77. The number of aliphatic carboxylic acids is 1. The van der Waals surface area contributed by atoms with Gasteiger partial charge in [-0.2, -0.15) is 0 Å². The van der Waals surface area contributed by atoms with E-state index in [2.05, 4.69) is 11.8 Å². The zero-order chi connectivity index (χ0) is 14.0. The van der Waals surface area contributed by atoms with Gasteiger partial charge in [-0.3, -0.25) is 9.69 Å². The number of carboxylic acid groups (broad SMARTS) is 1. The van der Waals surface area contributed by atoms with Crippen molar-refractivity contribution in [1.82, 2.24) is 4.90 Å².